The number of aromatic nitrogens is 1. The third-order valence-corrected chi connectivity index (χ3v) is 2.25. The monoisotopic (exact) mass is 229 g/mol. The van der Waals surface area contributed by atoms with Crippen LogP contribution in [0.25, 0.3) is 0 Å². The Morgan fingerprint density at radius 2 is 2.42 bits per heavy atom. The molecule has 0 radical (unpaired) electrons. The van der Waals surface area contributed by atoms with E-state index in [1.807, 2.05) is 6.92 Å². The summed E-state index contributed by atoms with van der Waals surface area (Å²) in [5, 5.41) is 11.2. The first-order valence-corrected chi connectivity index (χ1v) is 4.04. The van der Waals surface area contributed by atoms with E-state index in [2.05, 4.69) is 26.1 Å². The highest BCUT2D eigenvalue weighted by atomic mass is 79.9. The van der Waals surface area contributed by atoms with Crippen LogP contribution >= 0.6 is 15.9 Å². The van der Waals surface area contributed by atoms with Gasteiger partial charge < -0.3 is 10.9 Å². The third-order valence-electron chi connectivity index (χ3n) is 1.42. The summed E-state index contributed by atoms with van der Waals surface area (Å²) in [5.74, 6) is 0.0677. The molecule has 4 nitrogen and oxygen atoms in total. The predicted molar refractivity (Wildman–Crippen MR) is 49.2 cm³/mol. The number of hydrogen-bond donors (Lipinski definition) is 2. The first kappa shape index (κ1) is 8.99. The molecule has 0 fully saturated rings. The van der Waals surface area contributed by atoms with Gasteiger partial charge in [0.15, 0.2) is 5.84 Å². The largest absolute Gasteiger partial charge is 0.409 e. The van der Waals surface area contributed by atoms with Crippen LogP contribution in [0.5, 0.6) is 0 Å². The van der Waals surface area contributed by atoms with Crippen molar-refractivity contribution in [2.45, 2.75) is 6.92 Å². The summed E-state index contributed by atoms with van der Waals surface area (Å²) >= 11 is 3.25. The summed E-state index contributed by atoms with van der Waals surface area (Å²) in [6.07, 6.45) is 1.53. The molecule has 0 aliphatic rings. The summed E-state index contributed by atoms with van der Waals surface area (Å²) in [5.41, 5.74) is 6.91. The maximum absolute atomic E-state index is 8.37. The molecule has 0 spiro atoms. The van der Waals surface area contributed by atoms with Crippen LogP contribution in [-0.2, 0) is 0 Å². The molecule has 0 atom stereocenters. The number of halogens is 1. The van der Waals surface area contributed by atoms with Crippen LogP contribution in [0.1, 0.15) is 11.1 Å². The van der Waals surface area contributed by atoms with Gasteiger partial charge in [0.05, 0.1) is 0 Å². The molecule has 5 heteroatoms. The predicted octanol–water partition coefficient (Wildman–Crippen LogP) is 1.25. The average Bonchev–Trinajstić information content (AvgIpc) is 2.08. The first-order chi connectivity index (χ1) is 5.65. The fraction of sp³-hybridized carbons (Fsp3) is 0.143. The summed E-state index contributed by atoms with van der Waals surface area (Å²) in [6, 6.07) is 1.78. The Labute approximate surface area is 78.2 Å². The molecule has 1 rings (SSSR count). The summed E-state index contributed by atoms with van der Waals surface area (Å²) in [4.78, 5) is 3.99. The van der Waals surface area contributed by atoms with Gasteiger partial charge in [0.25, 0.3) is 0 Å². The lowest BCUT2D eigenvalue weighted by Gasteiger charge is -2.00. The molecule has 0 aliphatic heterocycles. The molecule has 1 aromatic heterocycles. The van der Waals surface area contributed by atoms with Crippen molar-refractivity contribution in [1.29, 1.82) is 0 Å². The van der Waals surface area contributed by atoms with Crippen molar-refractivity contribution in [3.8, 4) is 0 Å². The molecule has 0 aliphatic carbocycles. The van der Waals surface area contributed by atoms with Gasteiger partial charge in [0, 0.05) is 11.8 Å². The van der Waals surface area contributed by atoms with E-state index in [9.17, 15) is 0 Å². The molecule has 1 heterocycles. The van der Waals surface area contributed by atoms with Gasteiger partial charge in [0.2, 0.25) is 0 Å². The summed E-state index contributed by atoms with van der Waals surface area (Å²) in [7, 11) is 0. The third kappa shape index (κ3) is 1.73. The second-order valence-electron chi connectivity index (χ2n) is 2.32. The molecular formula is C7H8BrN3O. The number of rotatable bonds is 1. The van der Waals surface area contributed by atoms with E-state index in [1.165, 1.54) is 6.20 Å². The van der Waals surface area contributed by atoms with Gasteiger partial charge in [-0.3, -0.25) is 0 Å². The quantitative estimate of drug-likeness (QED) is 0.251. The number of nitrogens with two attached hydrogens (primary N) is 1. The van der Waals surface area contributed by atoms with Crippen molar-refractivity contribution >= 4 is 21.8 Å². The van der Waals surface area contributed by atoms with Crippen LogP contribution in [0, 0.1) is 6.92 Å². The van der Waals surface area contributed by atoms with Crippen molar-refractivity contribution in [3.05, 3.63) is 28.0 Å². The molecule has 0 bridgehead atoms. The van der Waals surface area contributed by atoms with Crippen molar-refractivity contribution in [2.24, 2.45) is 10.9 Å². The second-order valence-corrected chi connectivity index (χ2v) is 3.07. The fourth-order valence-corrected chi connectivity index (χ4v) is 0.973. The number of nitrogens with zero attached hydrogens (tertiary/aromatic N) is 2. The van der Waals surface area contributed by atoms with E-state index in [4.69, 9.17) is 10.9 Å². The minimum atomic E-state index is 0.0677. The molecule has 1 aromatic rings. The minimum absolute atomic E-state index is 0.0677. The molecule has 0 saturated heterocycles. The smallest absolute Gasteiger partial charge is 0.171 e. The van der Waals surface area contributed by atoms with Crippen LogP contribution in [0.15, 0.2) is 22.0 Å². The molecular weight excluding hydrogens is 222 g/mol. The van der Waals surface area contributed by atoms with Gasteiger partial charge >= 0.3 is 0 Å². The zero-order valence-electron chi connectivity index (χ0n) is 6.45. The Hall–Kier alpha value is -1.10. The molecule has 0 amide bonds. The Kier molecular flexibility index (Phi) is 2.65. The summed E-state index contributed by atoms with van der Waals surface area (Å²) in [6.45, 7) is 1.88. The second kappa shape index (κ2) is 3.53. The average molecular weight is 230 g/mol. The van der Waals surface area contributed by atoms with Gasteiger partial charge in [-0.25, -0.2) is 4.98 Å². The maximum atomic E-state index is 8.37. The minimum Gasteiger partial charge on any atom is -0.409 e. The number of oxime groups is 1. The first-order valence-electron chi connectivity index (χ1n) is 3.25. The van der Waals surface area contributed by atoms with Crippen LogP contribution < -0.4 is 5.73 Å². The number of hydrogen-bond acceptors (Lipinski definition) is 3. The Morgan fingerprint density at radius 1 is 1.75 bits per heavy atom. The van der Waals surface area contributed by atoms with E-state index in [0.29, 0.717) is 5.56 Å². The van der Waals surface area contributed by atoms with Crippen molar-refractivity contribution < 1.29 is 5.21 Å². The summed E-state index contributed by atoms with van der Waals surface area (Å²) < 4.78 is 0.761. The van der Waals surface area contributed by atoms with Gasteiger partial charge in [-0.2, -0.15) is 0 Å². The Bertz CT molecular complexity index is 324. The molecule has 0 saturated carbocycles. The number of pyridine rings is 1. The van der Waals surface area contributed by atoms with E-state index >= 15 is 0 Å². The molecule has 3 N–H and O–H groups in total. The van der Waals surface area contributed by atoms with Gasteiger partial charge in [0.1, 0.15) is 4.60 Å². The number of amidine groups is 1. The lowest BCUT2D eigenvalue weighted by atomic mass is 10.2. The highest BCUT2D eigenvalue weighted by Gasteiger charge is 2.01. The van der Waals surface area contributed by atoms with Crippen molar-refractivity contribution in [1.82, 2.24) is 4.98 Å². The van der Waals surface area contributed by atoms with Crippen LogP contribution in [0.3, 0.4) is 0 Å². The Morgan fingerprint density at radius 3 is 2.92 bits per heavy atom. The van der Waals surface area contributed by atoms with E-state index in [1.54, 1.807) is 6.07 Å². The van der Waals surface area contributed by atoms with Gasteiger partial charge in [-0.15, -0.1) is 0 Å². The van der Waals surface area contributed by atoms with Crippen LogP contribution in [0.4, 0.5) is 0 Å². The topological polar surface area (TPSA) is 71.5 Å². The normalized spacial score (nSPS) is 11.7. The maximum Gasteiger partial charge on any atom is 0.171 e. The van der Waals surface area contributed by atoms with E-state index in [-0.39, 0.29) is 5.84 Å². The van der Waals surface area contributed by atoms with Gasteiger partial charge in [-0.05, 0) is 34.5 Å². The highest BCUT2D eigenvalue weighted by molar-refractivity contribution is 9.10. The van der Waals surface area contributed by atoms with Crippen LogP contribution in [0.2, 0.25) is 0 Å². The lowest BCUT2D eigenvalue weighted by Crippen LogP contribution is -2.13. The Balaban J connectivity index is 3.13. The lowest BCUT2D eigenvalue weighted by molar-refractivity contribution is 0.318. The highest BCUT2D eigenvalue weighted by Crippen LogP contribution is 2.13. The van der Waals surface area contributed by atoms with Crippen molar-refractivity contribution in [2.75, 3.05) is 0 Å². The molecule has 64 valence electrons. The number of aryl methyl sites for hydroxylation is 1. The molecule has 0 unspecified atom stereocenters. The van der Waals surface area contributed by atoms with Gasteiger partial charge in [-0.1, -0.05) is 5.16 Å². The molecule has 12 heavy (non-hydrogen) atoms. The standard InChI is InChI=1S/C7H8BrN3O/c1-4-2-5(7(9)11-12)3-10-6(4)8/h2-3,12H,1H3,(H2,9,11). The van der Waals surface area contributed by atoms with E-state index in [0.717, 1.165) is 10.2 Å². The zero-order valence-corrected chi connectivity index (χ0v) is 8.04. The SMILES string of the molecule is Cc1cc(C(N)=NO)cnc1Br. The van der Waals surface area contributed by atoms with Crippen molar-refractivity contribution in [3.63, 3.8) is 0 Å². The zero-order chi connectivity index (χ0) is 9.14. The fourth-order valence-electron chi connectivity index (χ4n) is 0.756. The van der Waals surface area contributed by atoms with Crippen LogP contribution in [-0.4, -0.2) is 16.0 Å². The molecule has 0 aromatic carbocycles. The van der Waals surface area contributed by atoms with E-state index < -0.39 is 0 Å².